The predicted octanol–water partition coefficient (Wildman–Crippen LogP) is 4.24. The molecular weight excluding hydrogens is 295 g/mol. The van der Waals surface area contributed by atoms with Crippen molar-refractivity contribution in [3.8, 4) is 5.75 Å². The van der Waals surface area contributed by atoms with Crippen molar-refractivity contribution in [3.63, 3.8) is 0 Å². The summed E-state index contributed by atoms with van der Waals surface area (Å²) in [7, 11) is 0. The van der Waals surface area contributed by atoms with E-state index >= 15 is 0 Å². The van der Waals surface area contributed by atoms with Crippen molar-refractivity contribution in [2.45, 2.75) is 52.4 Å². The molecular formula is C16H22F3NO2. The first-order valence-corrected chi connectivity index (χ1v) is 7.23. The molecule has 124 valence electrons. The smallest absolute Gasteiger partial charge is 0.406 e. The number of amides is 1. The van der Waals surface area contributed by atoms with Crippen LogP contribution in [0.5, 0.6) is 5.75 Å². The van der Waals surface area contributed by atoms with Gasteiger partial charge in [0.15, 0.2) is 0 Å². The second-order valence-corrected chi connectivity index (χ2v) is 6.02. The lowest BCUT2D eigenvalue weighted by Crippen LogP contribution is -2.24. The first-order chi connectivity index (χ1) is 10.1. The number of carbonyl (C=O) groups excluding carboxylic acids is 1. The van der Waals surface area contributed by atoms with E-state index in [1.54, 1.807) is 6.07 Å². The van der Waals surface area contributed by atoms with Crippen LogP contribution >= 0.6 is 0 Å². The molecule has 0 aliphatic carbocycles. The van der Waals surface area contributed by atoms with E-state index < -0.39 is 6.36 Å². The Bertz CT molecular complexity index is 498. The van der Waals surface area contributed by atoms with Crippen LogP contribution in [-0.2, 0) is 4.79 Å². The Hall–Kier alpha value is -1.72. The summed E-state index contributed by atoms with van der Waals surface area (Å²) in [5.41, 5.74) is 0.669. The van der Waals surface area contributed by atoms with Gasteiger partial charge in [0.05, 0.1) is 0 Å². The predicted molar refractivity (Wildman–Crippen MR) is 78.6 cm³/mol. The zero-order chi connectivity index (χ0) is 16.9. The number of hydrogen-bond acceptors (Lipinski definition) is 2. The third-order valence-electron chi connectivity index (χ3n) is 2.92. The van der Waals surface area contributed by atoms with Crippen molar-refractivity contribution < 1.29 is 22.7 Å². The summed E-state index contributed by atoms with van der Waals surface area (Å²) in [6.07, 6.45) is -4.41. The average Bonchev–Trinajstić information content (AvgIpc) is 2.66. The molecule has 2 atom stereocenters. The zero-order valence-corrected chi connectivity index (χ0v) is 13.2. The first kappa shape index (κ1) is 18.3. The Labute approximate surface area is 128 Å². The lowest BCUT2D eigenvalue weighted by molar-refractivity contribution is -0.274. The fourth-order valence-electron chi connectivity index (χ4n) is 2.14. The number of rotatable bonds is 2. The van der Waals surface area contributed by atoms with Crippen LogP contribution in [0, 0.1) is 5.92 Å². The van der Waals surface area contributed by atoms with Crippen LogP contribution in [0.15, 0.2) is 24.3 Å². The SMILES string of the molecule is CC(C)C.C[C@@H]1NC(=O)C[C@@H]1c1cccc(OC(F)(F)F)c1. The number of hydrogen-bond donors (Lipinski definition) is 1. The number of carbonyl (C=O) groups is 1. The van der Waals surface area contributed by atoms with Gasteiger partial charge in [-0.05, 0) is 30.5 Å². The number of ether oxygens (including phenoxy) is 1. The summed E-state index contributed by atoms with van der Waals surface area (Å²) in [4.78, 5) is 11.2. The number of alkyl halides is 3. The van der Waals surface area contributed by atoms with Crippen molar-refractivity contribution in [2.75, 3.05) is 0 Å². The molecule has 1 saturated heterocycles. The minimum Gasteiger partial charge on any atom is -0.406 e. The van der Waals surface area contributed by atoms with Crippen LogP contribution in [-0.4, -0.2) is 18.3 Å². The minimum atomic E-state index is -4.70. The molecule has 0 radical (unpaired) electrons. The standard InChI is InChI=1S/C12H12F3NO2.C4H10/c1-7-10(6-11(17)16-7)8-3-2-4-9(5-8)18-12(13,14)15;1-4(2)3/h2-5,7,10H,6H2,1H3,(H,16,17);4H,1-3H3/t7-,10-;/m0./s1. The normalized spacial score (nSPS) is 21.2. The molecule has 1 aliphatic heterocycles. The molecule has 2 rings (SSSR count). The van der Waals surface area contributed by atoms with Gasteiger partial charge in [-0.1, -0.05) is 32.9 Å². The topological polar surface area (TPSA) is 38.3 Å². The van der Waals surface area contributed by atoms with Crippen molar-refractivity contribution in [3.05, 3.63) is 29.8 Å². The highest BCUT2D eigenvalue weighted by Gasteiger charge is 2.33. The molecule has 0 spiro atoms. The number of halogens is 3. The van der Waals surface area contributed by atoms with Crippen molar-refractivity contribution >= 4 is 5.91 Å². The van der Waals surface area contributed by atoms with Crippen LogP contribution in [0.1, 0.15) is 45.6 Å². The van der Waals surface area contributed by atoms with Gasteiger partial charge in [-0.25, -0.2) is 0 Å². The Morgan fingerprint density at radius 3 is 2.32 bits per heavy atom. The van der Waals surface area contributed by atoms with Crippen LogP contribution in [0.3, 0.4) is 0 Å². The van der Waals surface area contributed by atoms with Gasteiger partial charge in [-0.3, -0.25) is 4.79 Å². The van der Waals surface area contributed by atoms with E-state index in [2.05, 4.69) is 30.8 Å². The fourth-order valence-corrected chi connectivity index (χ4v) is 2.14. The molecule has 0 saturated carbocycles. The Morgan fingerprint density at radius 2 is 1.86 bits per heavy atom. The molecule has 1 aromatic rings. The Kier molecular flexibility index (Phi) is 6.26. The highest BCUT2D eigenvalue weighted by Crippen LogP contribution is 2.31. The van der Waals surface area contributed by atoms with Crippen LogP contribution in [0.4, 0.5) is 13.2 Å². The van der Waals surface area contributed by atoms with Crippen molar-refractivity contribution in [2.24, 2.45) is 5.92 Å². The molecule has 1 aromatic carbocycles. The zero-order valence-electron chi connectivity index (χ0n) is 13.2. The highest BCUT2D eigenvalue weighted by molar-refractivity contribution is 5.80. The van der Waals surface area contributed by atoms with E-state index in [-0.39, 0.29) is 30.0 Å². The van der Waals surface area contributed by atoms with Gasteiger partial charge < -0.3 is 10.1 Å². The molecule has 3 nitrogen and oxygen atoms in total. The van der Waals surface area contributed by atoms with E-state index in [4.69, 9.17) is 0 Å². The van der Waals surface area contributed by atoms with Gasteiger partial charge in [0.25, 0.3) is 0 Å². The Balaban J connectivity index is 0.000000541. The first-order valence-electron chi connectivity index (χ1n) is 7.23. The molecule has 1 heterocycles. The van der Waals surface area contributed by atoms with Crippen LogP contribution in [0.25, 0.3) is 0 Å². The second kappa shape index (κ2) is 7.51. The summed E-state index contributed by atoms with van der Waals surface area (Å²) < 4.78 is 40.2. The molecule has 1 aliphatic rings. The third kappa shape index (κ3) is 6.37. The van der Waals surface area contributed by atoms with Crippen LogP contribution in [0.2, 0.25) is 0 Å². The van der Waals surface area contributed by atoms with Gasteiger partial charge >= 0.3 is 6.36 Å². The lowest BCUT2D eigenvalue weighted by atomic mass is 9.93. The van der Waals surface area contributed by atoms with E-state index in [0.29, 0.717) is 5.56 Å². The molecule has 1 amide bonds. The fraction of sp³-hybridized carbons (Fsp3) is 0.562. The number of benzene rings is 1. The van der Waals surface area contributed by atoms with Crippen molar-refractivity contribution in [1.82, 2.24) is 5.32 Å². The number of nitrogens with one attached hydrogen (secondary N) is 1. The van der Waals surface area contributed by atoms with Gasteiger partial charge in [0, 0.05) is 18.4 Å². The molecule has 0 unspecified atom stereocenters. The largest absolute Gasteiger partial charge is 0.573 e. The van der Waals surface area contributed by atoms with Gasteiger partial charge in [-0.15, -0.1) is 13.2 Å². The monoisotopic (exact) mass is 317 g/mol. The van der Waals surface area contributed by atoms with E-state index in [9.17, 15) is 18.0 Å². The van der Waals surface area contributed by atoms with Crippen LogP contribution < -0.4 is 10.1 Å². The summed E-state index contributed by atoms with van der Waals surface area (Å²) in [6, 6.07) is 5.68. The molecule has 0 bridgehead atoms. The van der Waals surface area contributed by atoms with Crippen molar-refractivity contribution in [1.29, 1.82) is 0 Å². The maximum Gasteiger partial charge on any atom is 0.573 e. The summed E-state index contributed by atoms with van der Waals surface area (Å²) in [5, 5.41) is 2.73. The van der Waals surface area contributed by atoms with E-state index in [1.165, 1.54) is 18.2 Å². The minimum absolute atomic E-state index is 0.0846. The summed E-state index contributed by atoms with van der Waals surface area (Å²) in [5.74, 6) is 0.371. The molecule has 22 heavy (non-hydrogen) atoms. The molecule has 1 fully saturated rings. The quantitative estimate of drug-likeness (QED) is 0.886. The lowest BCUT2D eigenvalue weighted by Gasteiger charge is -2.16. The summed E-state index contributed by atoms with van der Waals surface area (Å²) >= 11 is 0. The summed E-state index contributed by atoms with van der Waals surface area (Å²) in [6.45, 7) is 8.33. The average molecular weight is 317 g/mol. The maximum absolute atomic E-state index is 12.1. The van der Waals surface area contributed by atoms with Gasteiger partial charge in [-0.2, -0.15) is 0 Å². The molecule has 6 heteroatoms. The highest BCUT2D eigenvalue weighted by atomic mass is 19.4. The van der Waals surface area contributed by atoms with E-state index in [1.807, 2.05) is 6.92 Å². The third-order valence-corrected chi connectivity index (χ3v) is 2.92. The Morgan fingerprint density at radius 1 is 1.27 bits per heavy atom. The second-order valence-electron chi connectivity index (χ2n) is 6.02. The maximum atomic E-state index is 12.1. The van der Waals surface area contributed by atoms with E-state index in [0.717, 1.165) is 5.92 Å². The van der Waals surface area contributed by atoms with Gasteiger partial charge in [0.1, 0.15) is 5.75 Å². The van der Waals surface area contributed by atoms with Gasteiger partial charge in [0.2, 0.25) is 5.91 Å². The molecule has 0 aromatic heterocycles. The molecule has 1 N–H and O–H groups in total.